The molecule has 138 valence electrons. The third-order valence-electron chi connectivity index (χ3n) is 5.21. The van der Waals surface area contributed by atoms with Crippen molar-refractivity contribution in [3.8, 4) is 5.75 Å². The topological polar surface area (TPSA) is 41.6 Å². The Balaban J connectivity index is 1.66. The number of hydrogen-bond donors (Lipinski definition) is 1. The Kier molecular flexibility index (Phi) is 4.84. The summed E-state index contributed by atoms with van der Waals surface area (Å²) in [5.74, 6) is -0.859. The number of fused-ring (bicyclic) bond motifs is 1. The number of nitrogens with zero attached hydrogens (tertiary/aromatic N) is 1. The molecule has 2 aliphatic heterocycles. The molecule has 1 aromatic rings. The maximum Gasteiger partial charge on any atom is 0.260 e. The first-order valence-corrected chi connectivity index (χ1v) is 9.54. The lowest BCUT2D eigenvalue weighted by molar-refractivity contribution is 0.0378. The van der Waals surface area contributed by atoms with E-state index >= 15 is 0 Å². The second-order valence-corrected chi connectivity index (χ2v) is 7.68. The van der Waals surface area contributed by atoms with Crippen molar-refractivity contribution in [1.29, 1.82) is 0 Å². The molecule has 4 rings (SSSR count). The predicted octanol–water partition coefficient (Wildman–Crippen LogP) is 4.37. The molecular formula is C19H19Cl2FN2O2. The highest BCUT2D eigenvalue weighted by Gasteiger charge is 2.35. The Labute approximate surface area is 161 Å². The van der Waals surface area contributed by atoms with Gasteiger partial charge in [-0.3, -0.25) is 4.79 Å². The molecular weight excluding hydrogens is 378 g/mol. The third kappa shape index (κ3) is 3.19. The fourth-order valence-electron chi connectivity index (χ4n) is 3.80. The van der Waals surface area contributed by atoms with Crippen LogP contribution in [0.15, 0.2) is 28.9 Å². The summed E-state index contributed by atoms with van der Waals surface area (Å²) in [5.41, 5.74) is 1.85. The molecule has 2 heterocycles. The number of benzene rings is 1. The number of carbonyl (C=O) groups is 1. The number of nitrogens with one attached hydrogen (secondary N) is 1. The molecule has 4 nitrogen and oxygen atoms in total. The van der Waals surface area contributed by atoms with Gasteiger partial charge in [-0.05, 0) is 42.5 Å². The Morgan fingerprint density at radius 2 is 2.04 bits per heavy atom. The average molecular weight is 397 g/mol. The van der Waals surface area contributed by atoms with Crippen LogP contribution in [0.25, 0.3) is 0 Å². The minimum Gasteiger partial charge on any atom is -0.469 e. The Morgan fingerprint density at radius 1 is 1.27 bits per heavy atom. The van der Waals surface area contributed by atoms with Crippen LogP contribution in [0.1, 0.15) is 41.6 Å². The summed E-state index contributed by atoms with van der Waals surface area (Å²) in [6.45, 7) is 0.643. The number of carbonyl (C=O) groups excluding carboxylic acids is 1. The molecule has 1 aliphatic carbocycles. The van der Waals surface area contributed by atoms with E-state index < -0.39 is 5.82 Å². The predicted molar refractivity (Wildman–Crippen MR) is 99.1 cm³/mol. The largest absolute Gasteiger partial charge is 0.469 e. The highest BCUT2D eigenvalue weighted by atomic mass is 35.5. The van der Waals surface area contributed by atoms with E-state index in [1.54, 1.807) is 17.0 Å². The van der Waals surface area contributed by atoms with E-state index in [0.717, 1.165) is 31.3 Å². The van der Waals surface area contributed by atoms with Gasteiger partial charge in [0.2, 0.25) is 0 Å². The fraction of sp³-hybridized carbons (Fsp3) is 0.421. The molecule has 1 fully saturated rings. The molecule has 0 saturated heterocycles. The number of ether oxygens (including phenoxy) is 1. The van der Waals surface area contributed by atoms with E-state index in [0.29, 0.717) is 23.7 Å². The molecule has 3 aliphatic rings. The summed E-state index contributed by atoms with van der Waals surface area (Å²) in [6, 6.07) is 1.85. The van der Waals surface area contributed by atoms with Crippen LogP contribution in [-0.4, -0.2) is 30.1 Å². The van der Waals surface area contributed by atoms with E-state index in [1.165, 1.54) is 0 Å². The van der Waals surface area contributed by atoms with Crippen LogP contribution in [0, 0.1) is 5.82 Å². The van der Waals surface area contributed by atoms with Crippen molar-refractivity contribution in [2.75, 3.05) is 13.3 Å². The number of rotatable bonds is 3. The minimum atomic E-state index is -0.656. The lowest BCUT2D eigenvalue weighted by Crippen LogP contribution is -2.44. The van der Waals surface area contributed by atoms with Crippen LogP contribution in [-0.2, 0) is 6.42 Å². The zero-order chi connectivity index (χ0) is 18.3. The second-order valence-electron chi connectivity index (χ2n) is 6.90. The van der Waals surface area contributed by atoms with Gasteiger partial charge in [0, 0.05) is 12.6 Å². The van der Waals surface area contributed by atoms with Crippen molar-refractivity contribution in [3.63, 3.8) is 0 Å². The number of halogens is 3. The van der Waals surface area contributed by atoms with Gasteiger partial charge in [-0.25, -0.2) is 4.39 Å². The van der Waals surface area contributed by atoms with Crippen molar-refractivity contribution in [2.45, 2.75) is 38.1 Å². The van der Waals surface area contributed by atoms with Gasteiger partial charge in [0.1, 0.15) is 5.16 Å². The molecule has 0 spiro atoms. The molecule has 26 heavy (non-hydrogen) atoms. The van der Waals surface area contributed by atoms with Gasteiger partial charge in [0.15, 0.2) is 18.3 Å². The second kappa shape index (κ2) is 7.12. The first-order chi connectivity index (χ1) is 12.5. The Bertz CT molecular complexity index is 816. The molecule has 0 unspecified atom stereocenters. The van der Waals surface area contributed by atoms with E-state index in [9.17, 15) is 9.18 Å². The third-order valence-corrected chi connectivity index (χ3v) is 5.88. The van der Waals surface area contributed by atoms with Gasteiger partial charge >= 0.3 is 0 Å². The maximum absolute atomic E-state index is 14.7. The van der Waals surface area contributed by atoms with Crippen LogP contribution in [0.4, 0.5) is 4.39 Å². The number of allylic oxidation sites excluding steroid dienone is 2. The van der Waals surface area contributed by atoms with Crippen LogP contribution >= 0.6 is 23.2 Å². The van der Waals surface area contributed by atoms with Crippen LogP contribution < -0.4 is 10.1 Å². The standard InChI is InChI=1S/C19H19Cl2FN2O2/c20-15-6-5-11(9-23-15)7-12-8-14-18(17(22)16(12)21)26-10-24(19(14)25)13-3-1-2-4-13/h5-6,8,13,23H,1-4,7,9-10H2. The smallest absolute Gasteiger partial charge is 0.260 e. The van der Waals surface area contributed by atoms with E-state index in [-0.39, 0.29) is 35.0 Å². The first-order valence-electron chi connectivity index (χ1n) is 8.78. The molecule has 0 atom stereocenters. The molecule has 0 radical (unpaired) electrons. The lowest BCUT2D eigenvalue weighted by atomic mass is 9.99. The normalized spacial score (nSPS) is 20.3. The quantitative estimate of drug-likeness (QED) is 0.771. The van der Waals surface area contributed by atoms with Gasteiger partial charge in [-0.15, -0.1) is 0 Å². The van der Waals surface area contributed by atoms with Crippen LogP contribution in [0.2, 0.25) is 5.02 Å². The highest BCUT2D eigenvalue weighted by molar-refractivity contribution is 6.32. The number of amides is 1. The van der Waals surface area contributed by atoms with Gasteiger partial charge in [0.25, 0.3) is 5.91 Å². The molecule has 1 saturated carbocycles. The van der Waals surface area contributed by atoms with Gasteiger partial charge < -0.3 is 15.0 Å². The molecule has 7 heteroatoms. The van der Waals surface area contributed by atoms with Crippen molar-refractivity contribution in [1.82, 2.24) is 10.2 Å². The molecule has 0 bridgehead atoms. The summed E-state index contributed by atoms with van der Waals surface area (Å²) in [6.07, 6.45) is 8.23. The van der Waals surface area contributed by atoms with E-state index in [1.807, 2.05) is 6.08 Å². The summed E-state index contributed by atoms with van der Waals surface area (Å²) >= 11 is 12.1. The molecule has 1 aromatic carbocycles. The zero-order valence-corrected chi connectivity index (χ0v) is 15.7. The average Bonchev–Trinajstić information content (AvgIpc) is 3.16. The monoisotopic (exact) mass is 396 g/mol. The van der Waals surface area contributed by atoms with E-state index in [4.69, 9.17) is 27.9 Å². The van der Waals surface area contributed by atoms with E-state index in [2.05, 4.69) is 5.32 Å². The van der Waals surface area contributed by atoms with Crippen molar-refractivity contribution in [3.05, 3.63) is 50.9 Å². The number of hydrogen-bond acceptors (Lipinski definition) is 3. The molecule has 1 amide bonds. The van der Waals surface area contributed by atoms with Crippen LogP contribution in [0.3, 0.4) is 0 Å². The Hall–Kier alpha value is -1.72. The Morgan fingerprint density at radius 3 is 2.73 bits per heavy atom. The SMILES string of the molecule is O=C1c2cc(CC3=CC=C(Cl)NC3)c(Cl)c(F)c2OCN1C1CCCC1. The fourth-order valence-corrected chi connectivity index (χ4v) is 4.14. The summed E-state index contributed by atoms with van der Waals surface area (Å²) in [4.78, 5) is 14.7. The van der Waals surface area contributed by atoms with Gasteiger partial charge in [0.05, 0.1) is 10.6 Å². The molecule has 1 N–H and O–H groups in total. The van der Waals surface area contributed by atoms with Gasteiger partial charge in [-0.1, -0.05) is 42.1 Å². The lowest BCUT2D eigenvalue weighted by Gasteiger charge is -2.34. The van der Waals surface area contributed by atoms with Crippen molar-refractivity contribution in [2.24, 2.45) is 0 Å². The summed E-state index contributed by atoms with van der Waals surface area (Å²) in [5, 5.41) is 3.59. The van der Waals surface area contributed by atoms with Crippen LogP contribution in [0.5, 0.6) is 5.75 Å². The first kappa shape index (κ1) is 17.7. The molecule has 0 aromatic heterocycles. The zero-order valence-electron chi connectivity index (χ0n) is 14.2. The minimum absolute atomic E-state index is 0.00687. The summed E-state index contributed by atoms with van der Waals surface area (Å²) in [7, 11) is 0. The highest BCUT2D eigenvalue weighted by Crippen LogP contribution is 2.38. The summed E-state index contributed by atoms with van der Waals surface area (Å²) < 4.78 is 20.3. The van der Waals surface area contributed by atoms with Gasteiger partial charge in [-0.2, -0.15) is 0 Å². The maximum atomic E-state index is 14.7. The van der Waals surface area contributed by atoms with Crippen molar-refractivity contribution < 1.29 is 13.9 Å². The van der Waals surface area contributed by atoms with Crippen molar-refractivity contribution >= 4 is 29.1 Å². The number of dihydropyridines is 1.